The van der Waals surface area contributed by atoms with Gasteiger partial charge in [-0.1, -0.05) is 18.2 Å². The highest BCUT2D eigenvalue weighted by atomic mass is 16.2. The molecule has 8 heteroatoms. The average molecular weight is 409 g/mol. The van der Waals surface area contributed by atoms with Crippen molar-refractivity contribution in [3.05, 3.63) is 48.8 Å². The molecule has 3 amide bonds. The second-order valence-corrected chi connectivity index (χ2v) is 7.90. The van der Waals surface area contributed by atoms with Crippen LogP contribution in [0.25, 0.3) is 0 Å². The Balaban J connectivity index is 1.23. The number of rotatable bonds is 4. The van der Waals surface area contributed by atoms with Crippen LogP contribution >= 0.6 is 0 Å². The van der Waals surface area contributed by atoms with E-state index < -0.39 is 0 Å². The SMILES string of the molecule is O=C(NC1CCN(C(=O)Nc2ccccc2)CC1)C1CCCN(c2ncccn2)C1. The summed E-state index contributed by atoms with van der Waals surface area (Å²) in [6, 6.07) is 11.3. The smallest absolute Gasteiger partial charge is 0.321 e. The first-order valence-corrected chi connectivity index (χ1v) is 10.6. The average Bonchev–Trinajstić information content (AvgIpc) is 2.81. The van der Waals surface area contributed by atoms with Crippen LogP contribution in [0.5, 0.6) is 0 Å². The number of para-hydroxylation sites is 1. The minimum absolute atomic E-state index is 0.0537. The van der Waals surface area contributed by atoms with E-state index in [4.69, 9.17) is 0 Å². The van der Waals surface area contributed by atoms with Crippen LogP contribution in [-0.2, 0) is 4.79 Å². The molecule has 30 heavy (non-hydrogen) atoms. The molecule has 0 spiro atoms. The quantitative estimate of drug-likeness (QED) is 0.811. The molecule has 8 nitrogen and oxygen atoms in total. The first-order chi connectivity index (χ1) is 14.7. The molecule has 2 fully saturated rings. The number of hydrogen-bond donors (Lipinski definition) is 2. The van der Waals surface area contributed by atoms with Crippen LogP contribution in [0.3, 0.4) is 0 Å². The Kier molecular flexibility index (Phi) is 6.41. The number of anilines is 2. The Morgan fingerprint density at radius 3 is 2.40 bits per heavy atom. The maximum atomic E-state index is 12.8. The Morgan fingerprint density at radius 1 is 0.933 bits per heavy atom. The lowest BCUT2D eigenvalue weighted by atomic mass is 9.96. The van der Waals surface area contributed by atoms with Gasteiger partial charge in [0.05, 0.1) is 5.92 Å². The van der Waals surface area contributed by atoms with E-state index in [1.165, 1.54) is 0 Å². The van der Waals surface area contributed by atoms with Gasteiger partial charge in [0, 0.05) is 50.3 Å². The van der Waals surface area contributed by atoms with Gasteiger partial charge in [-0.15, -0.1) is 0 Å². The number of hydrogen-bond acceptors (Lipinski definition) is 5. The summed E-state index contributed by atoms with van der Waals surface area (Å²) in [5.41, 5.74) is 0.794. The predicted molar refractivity (Wildman–Crippen MR) is 115 cm³/mol. The van der Waals surface area contributed by atoms with Gasteiger partial charge in [0.1, 0.15) is 0 Å². The van der Waals surface area contributed by atoms with Gasteiger partial charge in [0.2, 0.25) is 11.9 Å². The number of aromatic nitrogens is 2. The third-order valence-corrected chi connectivity index (χ3v) is 5.78. The van der Waals surface area contributed by atoms with Crippen LogP contribution in [0.1, 0.15) is 25.7 Å². The van der Waals surface area contributed by atoms with Crippen LogP contribution in [0.4, 0.5) is 16.4 Å². The molecule has 158 valence electrons. The molecule has 3 heterocycles. The minimum Gasteiger partial charge on any atom is -0.353 e. The van der Waals surface area contributed by atoms with Gasteiger partial charge in [0.15, 0.2) is 0 Å². The molecule has 2 aliphatic heterocycles. The first kappa shape index (κ1) is 20.1. The van der Waals surface area contributed by atoms with Gasteiger partial charge in [-0.05, 0) is 43.9 Å². The predicted octanol–water partition coefficient (Wildman–Crippen LogP) is 2.51. The number of nitrogens with one attached hydrogen (secondary N) is 2. The van der Waals surface area contributed by atoms with E-state index in [9.17, 15) is 9.59 Å². The molecular formula is C22H28N6O2. The largest absolute Gasteiger partial charge is 0.353 e. The number of amides is 3. The molecule has 0 radical (unpaired) electrons. The van der Waals surface area contributed by atoms with Crippen molar-refractivity contribution in [2.45, 2.75) is 31.7 Å². The summed E-state index contributed by atoms with van der Waals surface area (Å²) in [6.07, 6.45) is 6.84. The summed E-state index contributed by atoms with van der Waals surface area (Å²) in [7, 11) is 0. The molecule has 0 bridgehead atoms. The van der Waals surface area contributed by atoms with Crippen molar-refractivity contribution < 1.29 is 9.59 Å². The zero-order chi connectivity index (χ0) is 20.8. The highest BCUT2D eigenvalue weighted by Crippen LogP contribution is 2.21. The monoisotopic (exact) mass is 408 g/mol. The Labute approximate surface area is 176 Å². The van der Waals surface area contributed by atoms with Crippen molar-refractivity contribution in [2.75, 3.05) is 36.4 Å². The van der Waals surface area contributed by atoms with Crippen molar-refractivity contribution >= 4 is 23.6 Å². The topological polar surface area (TPSA) is 90.5 Å². The fourth-order valence-electron chi connectivity index (χ4n) is 4.10. The molecule has 1 unspecified atom stereocenters. The number of urea groups is 1. The molecule has 2 aliphatic rings. The molecule has 2 saturated heterocycles. The first-order valence-electron chi connectivity index (χ1n) is 10.6. The van der Waals surface area contributed by atoms with E-state index >= 15 is 0 Å². The standard InChI is InChI=1S/C22H28N6O2/c29-20(17-6-4-13-28(16-17)21-23-11-5-12-24-21)25-19-9-14-27(15-10-19)22(30)26-18-7-2-1-3-8-18/h1-3,5,7-8,11-12,17,19H,4,6,9-10,13-16H2,(H,25,29)(H,26,30). The van der Waals surface area contributed by atoms with E-state index in [2.05, 4.69) is 25.5 Å². The molecule has 4 rings (SSSR count). The second kappa shape index (κ2) is 9.56. The molecule has 1 aromatic heterocycles. The lowest BCUT2D eigenvalue weighted by Crippen LogP contribution is -2.51. The van der Waals surface area contributed by atoms with E-state index in [0.29, 0.717) is 25.6 Å². The van der Waals surface area contributed by atoms with Crippen LogP contribution in [-0.4, -0.2) is 59.0 Å². The number of benzene rings is 1. The zero-order valence-electron chi connectivity index (χ0n) is 17.0. The van der Waals surface area contributed by atoms with Gasteiger partial charge < -0.3 is 20.4 Å². The van der Waals surface area contributed by atoms with Crippen molar-refractivity contribution in [1.82, 2.24) is 20.2 Å². The lowest BCUT2D eigenvalue weighted by molar-refractivity contribution is -0.126. The van der Waals surface area contributed by atoms with E-state index in [-0.39, 0.29) is 23.9 Å². The third-order valence-electron chi connectivity index (χ3n) is 5.78. The van der Waals surface area contributed by atoms with Crippen molar-refractivity contribution in [1.29, 1.82) is 0 Å². The summed E-state index contributed by atoms with van der Waals surface area (Å²) in [4.78, 5) is 37.8. The minimum atomic E-state index is -0.0863. The Bertz CT molecular complexity index is 839. The highest BCUT2D eigenvalue weighted by molar-refractivity contribution is 5.89. The molecule has 2 aromatic rings. The highest BCUT2D eigenvalue weighted by Gasteiger charge is 2.30. The van der Waals surface area contributed by atoms with Crippen LogP contribution < -0.4 is 15.5 Å². The lowest BCUT2D eigenvalue weighted by Gasteiger charge is -2.35. The summed E-state index contributed by atoms with van der Waals surface area (Å²) in [6.45, 7) is 2.80. The maximum absolute atomic E-state index is 12.8. The van der Waals surface area contributed by atoms with Crippen LogP contribution in [0, 0.1) is 5.92 Å². The summed E-state index contributed by atoms with van der Waals surface area (Å²) in [5.74, 6) is 0.734. The number of piperidine rings is 2. The third kappa shape index (κ3) is 5.06. The molecule has 0 saturated carbocycles. The number of nitrogens with zero attached hydrogens (tertiary/aromatic N) is 4. The fraction of sp³-hybridized carbons (Fsp3) is 0.455. The summed E-state index contributed by atoms with van der Waals surface area (Å²) < 4.78 is 0. The van der Waals surface area contributed by atoms with Crippen LogP contribution in [0.2, 0.25) is 0 Å². The van der Waals surface area contributed by atoms with Crippen molar-refractivity contribution in [3.63, 3.8) is 0 Å². The summed E-state index contributed by atoms with van der Waals surface area (Å²) in [5, 5.41) is 6.13. The van der Waals surface area contributed by atoms with Gasteiger partial charge in [-0.2, -0.15) is 0 Å². The number of carbonyl (C=O) groups is 2. The Morgan fingerprint density at radius 2 is 1.67 bits per heavy atom. The molecule has 1 aromatic carbocycles. The molecule has 1 atom stereocenters. The number of likely N-dealkylation sites (tertiary alicyclic amines) is 1. The van der Waals surface area contributed by atoms with Gasteiger partial charge in [0.25, 0.3) is 0 Å². The van der Waals surface area contributed by atoms with Crippen LogP contribution in [0.15, 0.2) is 48.8 Å². The second-order valence-electron chi connectivity index (χ2n) is 7.90. The van der Waals surface area contributed by atoms with Crippen molar-refractivity contribution in [3.8, 4) is 0 Å². The number of carbonyl (C=O) groups excluding carboxylic acids is 2. The van der Waals surface area contributed by atoms with Gasteiger partial charge in [-0.3, -0.25) is 4.79 Å². The van der Waals surface area contributed by atoms with E-state index in [0.717, 1.165) is 37.9 Å². The normalized spacial score (nSPS) is 19.9. The van der Waals surface area contributed by atoms with Gasteiger partial charge in [-0.25, -0.2) is 14.8 Å². The van der Waals surface area contributed by atoms with E-state index in [1.807, 2.05) is 35.2 Å². The molecular weight excluding hydrogens is 380 g/mol. The molecule has 2 N–H and O–H groups in total. The van der Waals surface area contributed by atoms with Crippen molar-refractivity contribution in [2.24, 2.45) is 5.92 Å². The fourth-order valence-corrected chi connectivity index (χ4v) is 4.10. The maximum Gasteiger partial charge on any atom is 0.321 e. The summed E-state index contributed by atoms with van der Waals surface area (Å²) >= 11 is 0. The Hall–Kier alpha value is -3.16. The molecule has 0 aliphatic carbocycles. The van der Waals surface area contributed by atoms with E-state index in [1.54, 1.807) is 18.5 Å². The van der Waals surface area contributed by atoms with Gasteiger partial charge >= 0.3 is 6.03 Å². The zero-order valence-corrected chi connectivity index (χ0v) is 17.0.